The van der Waals surface area contributed by atoms with E-state index in [1.165, 1.54) is 89.9 Å². The Morgan fingerprint density at radius 1 is 0.480 bits per heavy atom. The van der Waals surface area contributed by atoms with Gasteiger partial charge in [-0.2, -0.15) is 0 Å². The minimum absolute atomic E-state index is 0.0785. The molecule has 0 spiro atoms. The largest absolute Gasteiger partial charge is 0.462 e. The summed E-state index contributed by atoms with van der Waals surface area (Å²) in [6, 6.07) is 0. The first kappa shape index (κ1) is 47.6. The fraction of sp³-hybridized carbons (Fsp3) is 0.733. The number of aliphatic hydroxyl groups excluding tert-OH is 1. The highest BCUT2D eigenvalue weighted by Gasteiger charge is 2.16. The third-order valence-electron chi connectivity index (χ3n) is 8.80. The molecule has 1 atom stereocenters. The highest BCUT2D eigenvalue weighted by molar-refractivity contribution is 5.70. The van der Waals surface area contributed by atoms with Crippen LogP contribution in [0.1, 0.15) is 194 Å². The summed E-state index contributed by atoms with van der Waals surface area (Å²) in [7, 11) is 0. The Kier molecular flexibility index (Phi) is 39.1. The molecule has 0 aromatic heterocycles. The molecular weight excluding hydrogens is 620 g/mol. The first-order valence-electron chi connectivity index (χ1n) is 20.8. The van der Waals surface area contributed by atoms with Gasteiger partial charge >= 0.3 is 11.9 Å². The number of unbranched alkanes of at least 4 members (excludes halogenated alkanes) is 19. The van der Waals surface area contributed by atoms with Crippen molar-refractivity contribution < 1.29 is 24.2 Å². The van der Waals surface area contributed by atoms with Crippen LogP contribution in [-0.4, -0.2) is 36.4 Å². The van der Waals surface area contributed by atoms with Crippen molar-refractivity contribution in [1.82, 2.24) is 0 Å². The lowest BCUT2D eigenvalue weighted by Gasteiger charge is -2.15. The molecule has 1 unspecified atom stereocenters. The highest BCUT2D eigenvalue weighted by Crippen LogP contribution is 2.13. The van der Waals surface area contributed by atoms with Gasteiger partial charge < -0.3 is 14.6 Å². The number of allylic oxidation sites excluding steroid dienone is 10. The highest BCUT2D eigenvalue weighted by atomic mass is 16.6. The zero-order chi connectivity index (χ0) is 36.4. The zero-order valence-electron chi connectivity index (χ0n) is 32.6. The number of carbonyl (C=O) groups excluding carboxylic acids is 2. The number of rotatable bonds is 37. The number of aliphatic hydroxyl groups is 1. The monoisotopic (exact) mass is 699 g/mol. The van der Waals surface area contributed by atoms with Gasteiger partial charge in [-0.05, 0) is 77.0 Å². The van der Waals surface area contributed by atoms with Crippen LogP contribution in [0.3, 0.4) is 0 Å². The lowest BCUT2D eigenvalue weighted by molar-refractivity contribution is -0.161. The zero-order valence-corrected chi connectivity index (χ0v) is 32.6. The molecular formula is C45H78O5. The fourth-order valence-corrected chi connectivity index (χ4v) is 5.66. The molecule has 0 saturated carbocycles. The maximum atomic E-state index is 12.2. The molecule has 5 heteroatoms. The van der Waals surface area contributed by atoms with E-state index in [-0.39, 0.29) is 25.2 Å². The molecule has 0 fully saturated rings. The Hall–Kier alpha value is -2.40. The van der Waals surface area contributed by atoms with Gasteiger partial charge in [-0.15, -0.1) is 0 Å². The van der Waals surface area contributed by atoms with Gasteiger partial charge in [0.2, 0.25) is 0 Å². The van der Waals surface area contributed by atoms with Crippen LogP contribution in [-0.2, 0) is 19.1 Å². The van der Waals surface area contributed by atoms with E-state index in [0.29, 0.717) is 12.8 Å². The van der Waals surface area contributed by atoms with E-state index in [1.54, 1.807) is 0 Å². The van der Waals surface area contributed by atoms with Gasteiger partial charge in [0.05, 0.1) is 6.61 Å². The molecule has 50 heavy (non-hydrogen) atoms. The van der Waals surface area contributed by atoms with Crippen LogP contribution in [0, 0.1) is 0 Å². The molecule has 0 aliphatic heterocycles. The summed E-state index contributed by atoms with van der Waals surface area (Å²) in [5.41, 5.74) is 0. The van der Waals surface area contributed by atoms with Crippen molar-refractivity contribution in [3.05, 3.63) is 60.8 Å². The second-order valence-electron chi connectivity index (χ2n) is 13.7. The number of ether oxygens (including phenoxy) is 2. The van der Waals surface area contributed by atoms with Crippen LogP contribution < -0.4 is 0 Å². The summed E-state index contributed by atoms with van der Waals surface area (Å²) in [6.07, 6.45) is 52.8. The summed E-state index contributed by atoms with van der Waals surface area (Å²) >= 11 is 0. The lowest BCUT2D eigenvalue weighted by atomic mass is 10.1. The summed E-state index contributed by atoms with van der Waals surface area (Å²) in [6.45, 7) is 4.00. The minimum Gasteiger partial charge on any atom is -0.462 e. The smallest absolute Gasteiger partial charge is 0.306 e. The van der Waals surface area contributed by atoms with Crippen LogP contribution >= 0.6 is 0 Å². The molecule has 0 aromatic rings. The van der Waals surface area contributed by atoms with E-state index in [1.807, 2.05) is 0 Å². The van der Waals surface area contributed by atoms with E-state index >= 15 is 0 Å². The van der Waals surface area contributed by atoms with Gasteiger partial charge in [0.1, 0.15) is 6.61 Å². The molecule has 288 valence electrons. The summed E-state index contributed by atoms with van der Waals surface area (Å²) in [5.74, 6) is -0.622. The van der Waals surface area contributed by atoms with Gasteiger partial charge in [-0.3, -0.25) is 9.59 Å². The molecule has 0 aliphatic rings. The predicted octanol–water partition coefficient (Wildman–Crippen LogP) is 13.2. The molecule has 1 N–H and O–H groups in total. The predicted molar refractivity (Wildman–Crippen MR) is 214 cm³/mol. The second-order valence-corrected chi connectivity index (χ2v) is 13.7. The van der Waals surface area contributed by atoms with Crippen molar-refractivity contribution in [2.45, 2.75) is 200 Å². The maximum Gasteiger partial charge on any atom is 0.306 e. The van der Waals surface area contributed by atoms with Crippen molar-refractivity contribution >= 4 is 11.9 Å². The maximum absolute atomic E-state index is 12.2. The summed E-state index contributed by atoms with van der Waals surface area (Å²) in [5, 5.41) is 9.57. The van der Waals surface area contributed by atoms with E-state index in [0.717, 1.165) is 77.0 Å². The van der Waals surface area contributed by atoms with Crippen LogP contribution in [0.5, 0.6) is 0 Å². The standard InChI is InChI=1S/C45H78O5/c1-3-5-7-9-11-13-15-17-19-21-22-24-25-27-29-31-33-35-37-39-44(47)49-42-43(41-46)50-45(48)40-38-36-34-32-30-28-26-23-20-18-16-14-12-10-8-6-4-2/h6,8,12,14,17-20,26,28,43,46H,3-5,7,9-11,13,15-16,21-25,27,29-42H2,1-2H3. The third-order valence-corrected chi connectivity index (χ3v) is 8.80. The summed E-state index contributed by atoms with van der Waals surface area (Å²) < 4.78 is 10.6. The quantitative estimate of drug-likeness (QED) is 0.0397. The van der Waals surface area contributed by atoms with Crippen LogP contribution in [0.2, 0.25) is 0 Å². The molecule has 0 rings (SSSR count). The first-order valence-corrected chi connectivity index (χ1v) is 20.8. The van der Waals surface area contributed by atoms with Gasteiger partial charge in [0.15, 0.2) is 6.10 Å². The minimum atomic E-state index is -0.786. The molecule has 0 aliphatic carbocycles. The van der Waals surface area contributed by atoms with Crippen molar-refractivity contribution in [1.29, 1.82) is 0 Å². The first-order chi connectivity index (χ1) is 24.6. The summed E-state index contributed by atoms with van der Waals surface area (Å²) in [4.78, 5) is 24.3. The van der Waals surface area contributed by atoms with Crippen molar-refractivity contribution in [3.63, 3.8) is 0 Å². The van der Waals surface area contributed by atoms with E-state index in [9.17, 15) is 14.7 Å². The Balaban J connectivity index is 3.59. The molecule has 0 aromatic carbocycles. The van der Waals surface area contributed by atoms with Crippen molar-refractivity contribution in [3.8, 4) is 0 Å². The van der Waals surface area contributed by atoms with Crippen LogP contribution in [0.15, 0.2) is 60.8 Å². The normalized spacial score (nSPS) is 12.8. The van der Waals surface area contributed by atoms with Gasteiger partial charge in [-0.1, -0.05) is 164 Å². The Morgan fingerprint density at radius 3 is 1.32 bits per heavy atom. The van der Waals surface area contributed by atoms with E-state index in [4.69, 9.17) is 9.47 Å². The molecule has 0 bridgehead atoms. The average molecular weight is 699 g/mol. The Morgan fingerprint density at radius 2 is 0.860 bits per heavy atom. The van der Waals surface area contributed by atoms with Crippen LogP contribution in [0.4, 0.5) is 0 Å². The molecule has 5 nitrogen and oxygen atoms in total. The topological polar surface area (TPSA) is 72.8 Å². The third kappa shape index (κ3) is 38.4. The number of esters is 2. The fourth-order valence-electron chi connectivity index (χ4n) is 5.66. The van der Waals surface area contributed by atoms with E-state index in [2.05, 4.69) is 74.6 Å². The van der Waals surface area contributed by atoms with Crippen molar-refractivity contribution in [2.75, 3.05) is 13.2 Å². The molecule has 0 heterocycles. The Labute approximate surface area is 309 Å². The number of carbonyl (C=O) groups is 2. The number of hydrogen-bond acceptors (Lipinski definition) is 5. The van der Waals surface area contributed by atoms with Gasteiger partial charge in [0, 0.05) is 12.8 Å². The SMILES string of the molecule is CCC=CCC=CCC=CCC=CCCCCCCC(=O)OC(CO)COC(=O)CCCCCCCCCCCC=CCCCCCCCC. The average Bonchev–Trinajstić information content (AvgIpc) is 3.12. The number of hydrogen-bond donors (Lipinski definition) is 1. The lowest BCUT2D eigenvalue weighted by Crippen LogP contribution is -2.28. The second kappa shape index (κ2) is 41.0. The van der Waals surface area contributed by atoms with E-state index < -0.39 is 6.10 Å². The molecule has 0 radical (unpaired) electrons. The molecule has 0 amide bonds. The van der Waals surface area contributed by atoms with Gasteiger partial charge in [0.25, 0.3) is 0 Å². The van der Waals surface area contributed by atoms with Crippen molar-refractivity contribution in [2.24, 2.45) is 0 Å². The molecule has 0 saturated heterocycles. The van der Waals surface area contributed by atoms with Crippen LogP contribution in [0.25, 0.3) is 0 Å². The Bertz CT molecular complexity index is 884. The van der Waals surface area contributed by atoms with Gasteiger partial charge in [-0.25, -0.2) is 0 Å².